The maximum absolute atomic E-state index is 12.3. The highest BCUT2D eigenvalue weighted by Crippen LogP contribution is 2.29. The molecule has 34 heavy (non-hydrogen) atoms. The fourth-order valence-electron chi connectivity index (χ4n) is 3.52. The Balaban J connectivity index is 1.66. The summed E-state index contributed by atoms with van der Waals surface area (Å²) in [5, 5.41) is 79.3. The number of hydrogen-bond donors (Lipinski definition) is 8. The minimum Gasteiger partial charge on any atom is -0.504 e. The van der Waals surface area contributed by atoms with Gasteiger partial charge < -0.3 is 64.5 Å². The Kier molecular flexibility index (Phi) is 8.64. The van der Waals surface area contributed by atoms with Crippen molar-refractivity contribution in [2.75, 3.05) is 20.3 Å². The third-order valence-electron chi connectivity index (χ3n) is 5.58. The van der Waals surface area contributed by atoms with E-state index in [1.165, 1.54) is 25.3 Å². The van der Waals surface area contributed by atoms with Crippen molar-refractivity contribution >= 4 is 5.97 Å². The molecule has 2 aliphatic heterocycles. The summed E-state index contributed by atoms with van der Waals surface area (Å²) in [6, 6.07) is 3.70. The van der Waals surface area contributed by atoms with E-state index in [9.17, 15) is 45.6 Å². The molecule has 0 radical (unpaired) electrons. The Morgan fingerprint density at radius 2 is 1.44 bits per heavy atom. The zero-order chi connectivity index (χ0) is 25.2. The van der Waals surface area contributed by atoms with Crippen molar-refractivity contribution in [3.8, 4) is 11.5 Å². The first-order chi connectivity index (χ1) is 16.1. The fourth-order valence-corrected chi connectivity index (χ4v) is 3.52. The lowest BCUT2D eigenvalue weighted by atomic mass is 9.98. The van der Waals surface area contributed by atoms with Crippen LogP contribution in [0.15, 0.2) is 18.2 Å². The van der Waals surface area contributed by atoms with E-state index in [4.69, 9.17) is 23.7 Å². The summed E-state index contributed by atoms with van der Waals surface area (Å²) in [7, 11) is 1.29. The molecule has 0 bridgehead atoms. The van der Waals surface area contributed by atoms with Gasteiger partial charge in [-0.15, -0.1) is 0 Å². The highest BCUT2D eigenvalue weighted by Gasteiger charge is 2.49. The fraction of sp³-hybridized carbons (Fsp3) is 0.650. The Hall–Kier alpha value is -2.11. The number of phenols is 1. The molecule has 2 aliphatic rings. The van der Waals surface area contributed by atoms with Gasteiger partial charge in [0.2, 0.25) is 0 Å². The van der Waals surface area contributed by atoms with Crippen molar-refractivity contribution in [3.05, 3.63) is 23.8 Å². The first-order valence-electron chi connectivity index (χ1n) is 10.3. The Labute approximate surface area is 193 Å². The predicted molar refractivity (Wildman–Crippen MR) is 106 cm³/mol. The lowest BCUT2D eigenvalue weighted by Crippen LogP contribution is -2.63. The van der Waals surface area contributed by atoms with E-state index < -0.39 is 80.6 Å². The molecule has 0 unspecified atom stereocenters. The van der Waals surface area contributed by atoms with E-state index >= 15 is 0 Å². The van der Waals surface area contributed by atoms with Crippen LogP contribution in [0.4, 0.5) is 0 Å². The number of benzene rings is 1. The van der Waals surface area contributed by atoms with E-state index in [-0.39, 0.29) is 17.1 Å². The second-order valence-corrected chi connectivity index (χ2v) is 7.83. The summed E-state index contributed by atoms with van der Waals surface area (Å²) < 4.78 is 25.9. The van der Waals surface area contributed by atoms with Gasteiger partial charge in [0.05, 0.1) is 19.3 Å². The SMILES string of the molecule is COc1cc(C(=O)OC[C@H]2O[C@H](O[C@H]3O[C@H](CO)[C@@H](O)[C@H](O)[C@H]3O)[C@H](O)[C@@H](O)[C@@H]2O)ccc1O. The summed E-state index contributed by atoms with van der Waals surface area (Å²) in [6.45, 7) is -1.32. The molecule has 0 aliphatic carbocycles. The number of methoxy groups -OCH3 is 1. The maximum Gasteiger partial charge on any atom is 0.338 e. The highest BCUT2D eigenvalue weighted by molar-refractivity contribution is 5.90. The van der Waals surface area contributed by atoms with Crippen molar-refractivity contribution < 1.29 is 69.3 Å². The van der Waals surface area contributed by atoms with Crippen molar-refractivity contribution in [3.63, 3.8) is 0 Å². The molecule has 8 N–H and O–H groups in total. The van der Waals surface area contributed by atoms with E-state index in [0.717, 1.165) is 0 Å². The average Bonchev–Trinajstić information content (AvgIpc) is 2.83. The lowest BCUT2D eigenvalue weighted by Gasteiger charge is -2.44. The predicted octanol–water partition coefficient (Wildman–Crippen LogP) is -3.82. The van der Waals surface area contributed by atoms with Gasteiger partial charge in [0, 0.05) is 0 Å². The van der Waals surface area contributed by atoms with Crippen molar-refractivity contribution in [2.45, 2.75) is 61.4 Å². The molecule has 1 aromatic rings. The Morgan fingerprint density at radius 3 is 2.00 bits per heavy atom. The minimum absolute atomic E-state index is 0.00894. The van der Waals surface area contributed by atoms with Crippen LogP contribution in [0.1, 0.15) is 10.4 Å². The number of rotatable bonds is 7. The van der Waals surface area contributed by atoms with Gasteiger partial charge in [-0.1, -0.05) is 0 Å². The van der Waals surface area contributed by atoms with Crippen LogP contribution in [-0.2, 0) is 18.9 Å². The van der Waals surface area contributed by atoms with E-state index in [2.05, 4.69) is 0 Å². The molecule has 0 amide bonds. The van der Waals surface area contributed by atoms with Gasteiger partial charge in [-0.3, -0.25) is 0 Å². The molecule has 0 spiro atoms. The molecule has 1 aromatic carbocycles. The summed E-state index contributed by atoms with van der Waals surface area (Å²) >= 11 is 0. The molecule has 3 rings (SSSR count). The van der Waals surface area contributed by atoms with Crippen LogP contribution in [0.25, 0.3) is 0 Å². The van der Waals surface area contributed by atoms with Gasteiger partial charge in [0.1, 0.15) is 55.4 Å². The van der Waals surface area contributed by atoms with Gasteiger partial charge in [-0.2, -0.15) is 0 Å². The zero-order valence-electron chi connectivity index (χ0n) is 17.9. The summed E-state index contributed by atoms with van der Waals surface area (Å²) in [6.07, 6.45) is -16.7. The van der Waals surface area contributed by atoms with E-state index in [1.807, 2.05) is 0 Å². The van der Waals surface area contributed by atoms with Crippen molar-refractivity contribution in [1.82, 2.24) is 0 Å². The first kappa shape index (κ1) is 26.5. The highest BCUT2D eigenvalue weighted by atomic mass is 16.8. The Morgan fingerprint density at radius 1 is 0.882 bits per heavy atom. The minimum atomic E-state index is -1.84. The molecule has 2 heterocycles. The van der Waals surface area contributed by atoms with Gasteiger partial charge in [0.15, 0.2) is 24.1 Å². The smallest absolute Gasteiger partial charge is 0.338 e. The van der Waals surface area contributed by atoms with Crippen LogP contribution >= 0.6 is 0 Å². The number of phenolic OH excluding ortho intramolecular Hbond substituents is 1. The van der Waals surface area contributed by atoms with Gasteiger partial charge in [0.25, 0.3) is 0 Å². The van der Waals surface area contributed by atoms with Gasteiger partial charge >= 0.3 is 5.97 Å². The largest absolute Gasteiger partial charge is 0.504 e. The number of ether oxygens (including phenoxy) is 5. The number of esters is 1. The molecule has 14 nitrogen and oxygen atoms in total. The maximum atomic E-state index is 12.3. The number of aliphatic hydroxyl groups excluding tert-OH is 7. The summed E-state index contributed by atoms with van der Waals surface area (Å²) in [4.78, 5) is 12.3. The van der Waals surface area contributed by atoms with Gasteiger partial charge in [-0.25, -0.2) is 4.79 Å². The van der Waals surface area contributed by atoms with E-state index in [0.29, 0.717) is 0 Å². The molecule has 0 aromatic heterocycles. The summed E-state index contributed by atoms with van der Waals surface area (Å²) in [5.41, 5.74) is 0.00894. The molecule has 2 saturated heterocycles. The standard InChI is InChI=1S/C20H28O14/c1-30-9-4-7(2-3-8(9)22)18(29)31-6-11-13(24)15(26)17(28)20(33-11)34-19-16(27)14(25)12(23)10(5-21)32-19/h2-4,10-17,19-28H,5-6H2,1H3/t10-,11-,12-,13-,14+,15+,16-,17-,19-,20-/m1/s1. The zero-order valence-corrected chi connectivity index (χ0v) is 17.9. The molecule has 14 heteroatoms. The molecule has 10 atom stereocenters. The van der Waals surface area contributed by atoms with Crippen molar-refractivity contribution in [1.29, 1.82) is 0 Å². The third kappa shape index (κ3) is 5.41. The van der Waals surface area contributed by atoms with Crippen LogP contribution in [0.5, 0.6) is 11.5 Å². The average molecular weight is 492 g/mol. The topological polar surface area (TPSA) is 225 Å². The monoisotopic (exact) mass is 492 g/mol. The molecular formula is C20H28O14. The third-order valence-corrected chi connectivity index (χ3v) is 5.58. The van der Waals surface area contributed by atoms with Gasteiger partial charge in [-0.05, 0) is 18.2 Å². The second-order valence-electron chi connectivity index (χ2n) is 7.83. The van der Waals surface area contributed by atoms with Crippen molar-refractivity contribution in [2.24, 2.45) is 0 Å². The number of aliphatic hydroxyl groups is 7. The van der Waals surface area contributed by atoms with Crippen LogP contribution < -0.4 is 4.74 Å². The number of carbonyl (C=O) groups excluding carboxylic acids is 1. The number of carbonyl (C=O) groups is 1. The second kappa shape index (κ2) is 11.1. The summed E-state index contributed by atoms with van der Waals surface area (Å²) in [5.74, 6) is -1.05. The first-order valence-corrected chi connectivity index (χ1v) is 10.3. The lowest BCUT2D eigenvalue weighted by molar-refractivity contribution is -0.376. The normalized spacial score (nSPS) is 38.4. The van der Waals surface area contributed by atoms with Crippen LogP contribution in [-0.4, -0.2) is 129 Å². The van der Waals surface area contributed by atoms with Crippen LogP contribution in [0, 0.1) is 0 Å². The number of hydrogen-bond acceptors (Lipinski definition) is 14. The quantitative estimate of drug-likeness (QED) is 0.171. The molecule has 2 fully saturated rings. The molecule has 192 valence electrons. The molecular weight excluding hydrogens is 464 g/mol. The number of aromatic hydroxyl groups is 1. The molecule has 0 saturated carbocycles. The van der Waals surface area contributed by atoms with E-state index in [1.54, 1.807) is 0 Å². The van der Waals surface area contributed by atoms with Crippen LogP contribution in [0.2, 0.25) is 0 Å². The van der Waals surface area contributed by atoms with Crippen LogP contribution in [0.3, 0.4) is 0 Å². The Bertz CT molecular complexity index is 833.